The van der Waals surface area contributed by atoms with E-state index in [1.54, 1.807) is 0 Å². The molecular formula is C23H21F6N3O3. The minimum Gasteiger partial charge on any atom is -0.364 e. The number of hydrogen-bond acceptors (Lipinski definition) is 4. The van der Waals surface area contributed by atoms with Crippen LogP contribution in [-0.4, -0.2) is 34.7 Å². The van der Waals surface area contributed by atoms with Gasteiger partial charge in [-0.15, -0.1) is 0 Å². The van der Waals surface area contributed by atoms with E-state index in [0.29, 0.717) is 0 Å². The second-order valence-electron chi connectivity index (χ2n) is 8.94. The number of alkyl halides is 5. The number of benzene rings is 1. The Kier molecular flexibility index (Phi) is 5.86. The fourth-order valence-corrected chi connectivity index (χ4v) is 4.90. The van der Waals surface area contributed by atoms with E-state index < -0.39 is 65.3 Å². The molecule has 2 aliphatic rings. The lowest BCUT2D eigenvalue weighted by Crippen LogP contribution is -2.47. The van der Waals surface area contributed by atoms with Crippen LogP contribution < -0.4 is 11.1 Å². The summed E-state index contributed by atoms with van der Waals surface area (Å²) in [7, 11) is 0. The molecule has 0 saturated carbocycles. The smallest absolute Gasteiger partial charge is 0.364 e. The van der Waals surface area contributed by atoms with Crippen molar-refractivity contribution in [3.05, 3.63) is 58.7 Å². The lowest BCUT2D eigenvalue weighted by molar-refractivity contribution is -0.272. The van der Waals surface area contributed by atoms with Crippen molar-refractivity contribution < 1.29 is 40.7 Å². The van der Waals surface area contributed by atoms with Crippen LogP contribution in [0.15, 0.2) is 30.5 Å². The molecule has 0 spiro atoms. The van der Waals surface area contributed by atoms with Gasteiger partial charge in [-0.3, -0.25) is 14.6 Å². The van der Waals surface area contributed by atoms with Gasteiger partial charge < -0.3 is 15.8 Å². The van der Waals surface area contributed by atoms with Gasteiger partial charge in [0, 0.05) is 30.1 Å². The van der Waals surface area contributed by atoms with E-state index in [9.17, 15) is 35.9 Å². The van der Waals surface area contributed by atoms with Crippen molar-refractivity contribution in [2.45, 2.75) is 56.4 Å². The molecule has 35 heavy (non-hydrogen) atoms. The zero-order valence-electron chi connectivity index (χ0n) is 18.6. The molecule has 1 aliphatic carbocycles. The summed E-state index contributed by atoms with van der Waals surface area (Å²) in [5, 5.41) is 2.38. The highest BCUT2D eigenvalue weighted by atomic mass is 19.4. The second-order valence-corrected chi connectivity index (χ2v) is 8.94. The number of fused-ring (bicyclic) bond motifs is 1. The number of primary amides is 1. The fraction of sp³-hybridized carbons (Fsp3) is 0.435. The number of rotatable bonds is 4. The van der Waals surface area contributed by atoms with Crippen LogP contribution in [0.5, 0.6) is 0 Å². The fourth-order valence-electron chi connectivity index (χ4n) is 4.90. The number of aromatic nitrogens is 1. The minimum absolute atomic E-state index is 0.00625. The molecule has 1 aromatic carbocycles. The number of carbonyl (C=O) groups is 2. The van der Waals surface area contributed by atoms with E-state index in [4.69, 9.17) is 10.5 Å². The predicted octanol–water partition coefficient (Wildman–Crippen LogP) is 4.44. The molecule has 0 unspecified atom stereocenters. The van der Waals surface area contributed by atoms with Gasteiger partial charge in [0.25, 0.3) is 17.7 Å². The Morgan fingerprint density at radius 2 is 1.91 bits per heavy atom. The summed E-state index contributed by atoms with van der Waals surface area (Å²) >= 11 is 0. The maximum Gasteiger partial charge on any atom is 0.417 e. The zero-order valence-corrected chi connectivity index (χ0v) is 18.6. The summed E-state index contributed by atoms with van der Waals surface area (Å²) < 4.78 is 90.6. The number of anilines is 1. The van der Waals surface area contributed by atoms with Crippen molar-refractivity contribution in [2.24, 2.45) is 11.7 Å². The molecule has 1 saturated heterocycles. The molecule has 1 aliphatic heterocycles. The van der Waals surface area contributed by atoms with Gasteiger partial charge in [0.15, 0.2) is 5.60 Å². The lowest BCUT2D eigenvalue weighted by Gasteiger charge is -2.32. The summed E-state index contributed by atoms with van der Waals surface area (Å²) in [6.45, 7) is 2.00. The number of hydrogen-bond donors (Lipinski definition) is 2. The first kappa shape index (κ1) is 25.0. The van der Waals surface area contributed by atoms with Crippen molar-refractivity contribution in [1.29, 1.82) is 0 Å². The zero-order chi connectivity index (χ0) is 25.9. The molecule has 6 nitrogen and oxygen atoms in total. The molecular weight excluding hydrogens is 480 g/mol. The summed E-state index contributed by atoms with van der Waals surface area (Å²) in [4.78, 5) is 28.3. The van der Waals surface area contributed by atoms with E-state index in [1.807, 2.05) is 0 Å². The third-order valence-corrected chi connectivity index (χ3v) is 6.92. The molecule has 188 valence electrons. The SMILES string of the molecule is C[C@H]1[C@@H](c2ccc(F)c3c2CCC3(F)F)[C@H](C(=O)Nc2ccnc(C(N)=O)c2)O[C@@]1(C)C(F)(F)F. The molecule has 4 rings (SSSR count). The van der Waals surface area contributed by atoms with Crippen molar-refractivity contribution in [2.75, 3.05) is 5.32 Å². The van der Waals surface area contributed by atoms with Gasteiger partial charge in [-0.1, -0.05) is 13.0 Å². The molecule has 2 amide bonds. The Labute approximate surface area is 195 Å². The third-order valence-electron chi connectivity index (χ3n) is 6.92. The molecule has 1 fully saturated rings. The number of nitrogens with two attached hydrogens (primary N) is 1. The Bertz CT molecular complexity index is 1200. The Morgan fingerprint density at radius 3 is 2.54 bits per heavy atom. The molecule has 12 heteroatoms. The van der Waals surface area contributed by atoms with Crippen molar-refractivity contribution in [3.8, 4) is 0 Å². The van der Waals surface area contributed by atoms with Crippen molar-refractivity contribution in [3.63, 3.8) is 0 Å². The Balaban J connectivity index is 1.79. The quantitative estimate of drug-likeness (QED) is 0.606. The van der Waals surface area contributed by atoms with Gasteiger partial charge in [-0.05, 0) is 42.7 Å². The maximum atomic E-state index is 14.4. The predicted molar refractivity (Wildman–Crippen MR) is 111 cm³/mol. The first-order chi connectivity index (χ1) is 16.2. The first-order valence-electron chi connectivity index (χ1n) is 10.7. The number of nitrogens with one attached hydrogen (secondary N) is 1. The van der Waals surface area contributed by atoms with Crippen LogP contribution in [-0.2, 0) is 21.9 Å². The van der Waals surface area contributed by atoms with E-state index in [1.165, 1.54) is 19.2 Å². The Morgan fingerprint density at radius 1 is 1.23 bits per heavy atom. The van der Waals surface area contributed by atoms with Gasteiger partial charge in [0.2, 0.25) is 0 Å². The second kappa shape index (κ2) is 8.21. The number of halogens is 6. The van der Waals surface area contributed by atoms with Gasteiger partial charge in [0.05, 0.1) is 5.56 Å². The standard InChI is InChI=1S/C23H21F6N3O3/c1-10-16(12-3-4-14(24)17-13(12)5-7-22(17,25)26)18(35-21(10,2)23(27,28)29)20(34)32-11-6-8-31-15(9-11)19(30)33/h3-4,6,8-10,16,18H,5,7H2,1-2H3,(H2,30,33)(H,31,32,34)/t10-,16-,18+,21+/m0/s1. The lowest BCUT2D eigenvalue weighted by atomic mass is 9.75. The van der Waals surface area contributed by atoms with Crippen LogP contribution in [0.3, 0.4) is 0 Å². The molecule has 3 N–H and O–H groups in total. The van der Waals surface area contributed by atoms with Gasteiger partial charge >= 0.3 is 6.18 Å². The third kappa shape index (κ3) is 4.03. The van der Waals surface area contributed by atoms with Gasteiger partial charge in [-0.25, -0.2) is 13.2 Å². The van der Waals surface area contributed by atoms with Crippen molar-refractivity contribution >= 4 is 17.5 Å². The summed E-state index contributed by atoms with van der Waals surface area (Å²) in [5.41, 5.74) is 1.23. The van der Waals surface area contributed by atoms with E-state index in [0.717, 1.165) is 25.1 Å². The van der Waals surface area contributed by atoms with Crippen LogP contribution in [0.25, 0.3) is 0 Å². The molecule has 1 aromatic heterocycles. The van der Waals surface area contributed by atoms with Gasteiger partial charge in [0.1, 0.15) is 17.6 Å². The highest BCUT2D eigenvalue weighted by molar-refractivity contribution is 5.97. The van der Waals surface area contributed by atoms with E-state index >= 15 is 0 Å². The monoisotopic (exact) mass is 501 g/mol. The maximum absolute atomic E-state index is 14.4. The van der Waals surface area contributed by atoms with Crippen molar-refractivity contribution in [1.82, 2.24) is 4.98 Å². The Hall–Kier alpha value is -3.15. The topological polar surface area (TPSA) is 94.3 Å². The highest BCUT2D eigenvalue weighted by Crippen LogP contribution is 2.55. The van der Waals surface area contributed by atoms with E-state index in [2.05, 4.69) is 10.3 Å². The van der Waals surface area contributed by atoms with Crippen LogP contribution in [0.4, 0.5) is 32.0 Å². The normalized spacial score (nSPS) is 27.5. The summed E-state index contributed by atoms with van der Waals surface area (Å²) in [5.74, 6) is -9.24. The molecule has 2 heterocycles. The molecule has 2 aromatic rings. The average Bonchev–Trinajstić information content (AvgIpc) is 3.23. The number of pyridine rings is 1. The molecule has 0 bridgehead atoms. The van der Waals surface area contributed by atoms with Crippen LogP contribution in [0.1, 0.15) is 53.4 Å². The number of amides is 2. The largest absolute Gasteiger partial charge is 0.417 e. The minimum atomic E-state index is -4.90. The number of carbonyl (C=O) groups excluding carboxylic acids is 2. The highest BCUT2D eigenvalue weighted by Gasteiger charge is 2.66. The molecule has 0 radical (unpaired) electrons. The van der Waals surface area contributed by atoms with Crippen LogP contribution in [0.2, 0.25) is 0 Å². The van der Waals surface area contributed by atoms with Crippen LogP contribution in [0, 0.1) is 11.7 Å². The number of ether oxygens (including phenoxy) is 1. The summed E-state index contributed by atoms with van der Waals surface area (Å²) in [6.07, 6.45) is -6.45. The average molecular weight is 501 g/mol. The van der Waals surface area contributed by atoms with E-state index in [-0.39, 0.29) is 28.9 Å². The number of nitrogens with zero attached hydrogens (tertiary/aromatic N) is 1. The van der Waals surface area contributed by atoms with Gasteiger partial charge in [-0.2, -0.15) is 13.2 Å². The molecule has 4 atom stereocenters. The van der Waals surface area contributed by atoms with Crippen LogP contribution >= 0.6 is 0 Å². The first-order valence-corrected chi connectivity index (χ1v) is 10.7. The summed E-state index contributed by atoms with van der Waals surface area (Å²) in [6, 6.07) is 4.34.